The topological polar surface area (TPSA) is 29.1 Å². The van der Waals surface area contributed by atoms with Crippen molar-refractivity contribution in [3.05, 3.63) is 35.4 Å². The SMILES string of the molecule is Cc1cccc(C2NC(=O)C(Cl)S2)c1. The van der Waals surface area contributed by atoms with E-state index in [1.165, 1.54) is 17.3 Å². The lowest BCUT2D eigenvalue weighted by Gasteiger charge is -2.09. The molecule has 2 unspecified atom stereocenters. The van der Waals surface area contributed by atoms with Gasteiger partial charge in [-0.25, -0.2) is 0 Å². The van der Waals surface area contributed by atoms with Crippen molar-refractivity contribution in [2.75, 3.05) is 0 Å². The molecule has 2 nitrogen and oxygen atoms in total. The fourth-order valence-corrected chi connectivity index (χ4v) is 2.70. The van der Waals surface area contributed by atoms with Crippen LogP contribution in [0.3, 0.4) is 0 Å². The number of hydrogen-bond donors (Lipinski definition) is 1. The zero-order valence-electron chi connectivity index (χ0n) is 7.66. The van der Waals surface area contributed by atoms with E-state index in [-0.39, 0.29) is 11.3 Å². The number of alkyl halides is 1. The highest BCUT2D eigenvalue weighted by Crippen LogP contribution is 2.37. The summed E-state index contributed by atoms with van der Waals surface area (Å²) < 4.78 is -0.458. The molecule has 1 aliphatic rings. The van der Waals surface area contributed by atoms with Crippen molar-refractivity contribution >= 4 is 29.3 Å². The van der Waals surface area contributed by atoms with Crippen molar-refractivity contribution in [2.24, 2.45) is 0 Å². The van der Waals surface area contributed by atoms with E-state index in [1.807, 2.05) is 25.1 Å². The van der Waals surface area contributed by atoms with E-state index in [1.54, 1.807) is 0 Å². The van der Waals surface area contributed by atoms with Gasteiger partial charge in [0, 0.05) is 0 Å². The van der Waals surface area contributed by atoms with Crippen LogP contribution in [0.2, 0.25) is 0 Å². The van der Waals surface area contributed by atoms with Gasteiger partial charge in [-0.1, -0.05) is 29.8 Å². The molecule has 0 saturated carbocycles. The molecule has 1 N–H and O–H groups in total. The van der Waals surface area contributed by atoms with Crippen LogP contribution in [0.5, 0.6) is 0 Å². The lowest BCUT2D eigenvalue weighted by Crippen LogP contribution is -2.21. The van der Waals surface area contributed by atoms with Gasteiger partial charge < -0.3 is 5.32 Å². The van der Waals surface area contributed by atoms with Crippen LogP contribution in [-0.4, -0.2) is 10.6 Å². The molecule has 14 heavy (non-hydrogen) atoms. The van der Waals surface area contributed by atoms with Crippen molar-refractivity contribution in [1.82, 2.24) is 5.32 Å². The summed E-state index contributed by atoms with van der Waals surface area (Å²) in [5, 5.41) is 2.84. The van der Waals surface area contributed by atoms with Crippen LogP contribution in [0.1, 0.15) is 16.5 Å². The zero-order chi connectivity index (χ0) is 10.1. The molecule has 1 aromatic carbocycles. The molecule has 4 heteroatoms. The molecule has 1 saturated heterocycles. The number of hydrogen-bond acceptors (Lipinski definition) is 2. The highest BCUT2D eigenvalue weighted by atomic mass is 35.5. The second-order valence-electron chi connectivity index (χ2n) is 3.25. The molecule has 0 spiro atoms. The third kappa shape index (κ3) is 1.88. The van der Waals surface area contributed by atoms with E-state index in [0.717, 1.165) is 5.56 Å². The van der Waals surface area contributed by atoms with Gasteiger partial charge >= 0.3 is 0 Å². The number of rotatable bonds is 1. The summed E-state index contributed by atoms with van der Waals surface area (Å²) in [6.07, 6.45) is 0. The Kier molecular flexibility index (Phi) is 2.70. The molecule has 1 amide bonds. The average Bonchev–Trinajstić information content (AvgIpc) is 2.47. The maximum Gasteiger partial charge on any atom is 0.249 e. The molecular weight excluding hydrogens is 218 g/mol. The standard InChI is InChI=1S/C10H10ClNOS/c1-6-3-2-4-7(5-6)10-12-9(13)8(11)14-10/h2-5,8,10H,1H3,(H,12,13). The highest BCUT2D eigenvalue weighted by molar-refractivity contribution is 8.02. The third-order valence-electron chi connectivity index (χ3n) is 2.08. The van der Waals surface area contributed by atoms with E-state index in [4.69, 9.17) is 11.6 Å². The first-order valence-corrected chi connectivity index (χ1v) is 5.71. The van der Waals surface area contributed by atoms with Crippen LogP contribution in [0, 0.1) is 6.92 Å². The average molecular weight is 228 g/mol. The van der Waals surface area contributed by atoms with Gasteiger partial charge in [0.15, 0.2) is 4.71 Å². The van der Waals surface area contributed by atoms with Crippen LogP contribution >= 0.6 is 23.4 Å². The van der Waals surface area contributed by atoms with Crippen molar-refractivity contribution in [3.8, 4) is 0 Å². The fourth-order valence-electron chi connectivity index (χ4n) is 1.41. The van der Waals surface area contributed by atoms with E-state index < -0.39 is 4.71 Å². The summed E-state index contributed by atoms with van der Waals surface area (Å²) in [4.78, 5) is 11.2. The quantitative estimate of drug-likeness (QED) is 0.747. The van der Waals surface area contributed by atoms with Gasteiger partial charge in [-0.3, -0.25) is 4.79 Å². The van der Waals surface area contributed by atoms with Crippen molar-refractivity contribution in [3.63, 3.8) is 0 Å². The van der Waals surface area contributed by atoms with E-state index in [2.05, 4.69) is 11.4 Å². The molecule has 1 aliphatic heterocycles. The Hall–Kier alpha value is -0.670. The molecule has 1 aromatic rings. The van der Waals surface area contributed by atoms with E-state index in [0.29, 0.717) is 0 Å². The number of aryl methyl sites for hydroxylation is 1. The third-order valence-corrected chi connectivity index (χ3v) is 3.70. The van der Waals surface area contributed by atoms with E-state index >= 15 is 0 Å². The lowest BCUT2D eigenvalue weighted by atomic mass is 10.1. The smallest absolute Gasteiger partial charge is 0.249 e. The van der Waals surface area contributed by atoms with Gasteiger partial charge in [0.2, 0.25) is 5.91 Å². The molecule has 0 aliphatic carbocycles. The Morgan fingerprint density at radius 1 is 1.50 bits per heavy atom. The summed E-state index contributed by atoms with van der Waals surface area (Å²) >= 11 is 7.24. The fraction of sp³-hybridized carbons (Fsp3) is 0.300. The van der Waals surface area contributed by atoms with Crippen LogP contribution in [-0.2, 0) is 4.79 Å². The monoisotopic (exact) mass is 227 g/mol. The number of thioether (sulfide) groups is 1. The van der Waals surface area contributed by atoms with Crippen LogP contribution in [0.25, 0.3) is 0 Å². The predicted octanol–water partition coefficient (Wildman–Crippen LogP) is 2.42. The zero-order valence-corrected chi connectivity index (χ0v) is 9.23. The summed E-state index contributed by atoms with van der Waals surface area (Å²) in [5.41, 5.74) is 2.29. The molecule has 2 atom stereocenters. The van der Waals surface area contributed by atoms with Gasteiger partial charge in [-0.2, -0.15) is 0 Å². The summed E-state index contributed by atoms with van der Waals surface area (Å²) in [5.74, 6) is -0.0943. The highest BCUT2D eigenvalue weighted by Gasteiger charge is 2.31. The number of carbonyl (C=O) groups is 1. The molecule has 74 valence electrons. The van der Waals surface area contributed by atoms with Crippen LogP contribution in [0.15, 0.2) is 24.3 Å². The Bertz CT molecular complexity index is 369. The van der Waals surface area contributed by atoms with Gasteiger partial charge in [-0.15, -0.1) is 23.4 Å². The molecule has 0 aromatic heterocycles. The number of carbonyl (C=O) groups excluding carboxylic acids is 1. The van der Waals surface area contributed by atoms with E-state index in [9.17, 15) is 4.79 Å². The van der Waals surface area contributed by atoms with Crippen molar-refractivity contribution in [2.45, 2.75) is 17.0 Å². The second kappa shape index (κ2) is 3.83. The minimum absolute atomic E-state index is 0.00454. The van der Waals surface area contributed by atoms with Gasteiger partial charge in [0.25, 0.3) is 0 Å². The van der Waals surface area contributed by atoms with Gasteiger partial charge in [0.05, 0.1) is 0 Å². The van der Waals surface area contributed by atoms with Crippen LogP contribution < -0.4 is 5.32 Å². The lowest BCUT2D eigenvalue weighted by molar-refractivity contribution is -0.118. The van der Waals surface area contributed by atoms with Gasteiger partial charge in [0.1, 0.15) is 5.37 Å². The summed E-state index contributed by atoms with van der Waals surface area (Å²) in [6, 6.07) is 8.08. The number of benzene rings is 1. The number of halogens is 1. The van der Waals surface area contributed by atoms with Crippen molar-refractivity contribution < 1.29 is 4.79 Å². The largest absolute Gasteiger partial charge is 0.338 e. The summed E-state index contributed by atoms with van der Waals surface area (Å²) in [6.45, 7) is 2.03. The molecule has 2 rings (SSSR count). The maximum absolute atomic E-state index is 11.2. The molecule has 1 fully saturated rings. The Morgan fingerprint density at radius 2 is 2.29 bits per heavy atom. The first-order valence-electron chi connectivity index (χ1n) is 4.33. The van der Waals surface area contributed by atoms with Gasteiger partial charge in [-0.05, 0) is 12.5 Å². The van der Waals surface area contributed by atoms with Crippen molar-refractivity contribution in [1.29, 1.82) is 0 Å². The first-order chi connectivity index (χ1) is 6.66. The predicted molar refractivity (Wildman–Crippen MR) is 59.3 cm³/mol. The Balaban J connectivity index is 2.21. The molecule has 0 bridgehead atoms. The number of nitrogens with one attached hydrogen (secondary N) is 1. The first kappa shape index (κ1) is 9.87. The molecule has 0 radical (unpaired) electrons. The maximum atomic E-state index is 11.2. The molecule has 1 heterocycles. The summed E-state index contributed by atoms with van der Waals surface area (Å²) in [7, 11) is 0. The Labute approximate surface area is 92.0 Å². The second-order valence-corrected chi connectivity index (χ2v) is 5.17. The molecular formula is C10H10ClNOS. The van der Waals surface area contributed by atoms with Crippen LogP contribution in [0.4, 0.5) is 0 Å². The normalized spacial score (nSPS) is 26.3. The Morgan fingerprint density at radius 3 is 2.86 bits per heavy atom. The minimum Gasteiger partial charge on any atom is -0.338 e. The minimum atomic E-state index is -0.458. The number of amides is 1.